The van der Waals surface area contributed by atoms with E-state index >= 15 is 0 Å². The van der Waals surface area contributed by atoms with Crippen molar-refractivity contribution in [3.8, 4) is 16.9 Å². The fourth-order valence-corrected chi connectivity index (χ4v) is 3.67. The lowest BCUT2D eigenvalue weighted by molar-refractivity contribution is -0.122. The number of rotatable bonds is 4. The van der Waals surface area contributed by atoms with Crippen LogP contribution in [-0.4, -0.2) is 18.6 Å². The molecule has 2 aromatic carbocycles. The van der Waals surface area contributed by atoms with E-state index in [4.69, 9.17) is 10.5 Å². The Hall–Kier alpha value is -2.33. The molecular formula is C21H26N2O2. The molecule has 1 aliphatic rings. The van der Waals surface area contributed by atoms with Gasteiger partial charge in [-0.1, -0.05) is 43.2 Å². The number of methoxy groups -OCH3 is 1. The van der Waals surface area contributed by atoms with Gasteiger partial charge < -0.3 is 15.8 Å². The molecule has 1 amide bonds. The van der Waals surface area contributed by atoms with E-state index in [1.165, 1.54) is 0 Å². The maximum absolute atomic E-state index is 12.7. The average Bonchev–Trinajstić information content (AvgIpc) is 2.61. The number of nitrogens with one attached hydrogen (secondary N) is 1. The quantitative estimate of drug-likeness (QED) is 0.878. The number of nitrogens with two attached hydrogens (primary N) is 1. The number of carbonyl (C=O) groups excluding carboxylic acids is 1. The molecule has 0 aromatic heterocycles. The summed E-state index contributed by atoms with van der Waals surface area (Å²) in [6, 6.07) is 15.7. The number of carbonyl (C=O) groups is 1. The number of para-hydroxylation sites is 1. The van der Waals surface area contributed by atoms with Crippen LogP contribution in [0.1, 0.15) is 32.6 Å². The topological polar surface area (TPSA) is 64.3 Å². The number of hydrogen-bond donors (Lipinski definition) is 2. The highest BCUT2D eigenvalue weighted by Crippen LogP contribution is 2.34. The van der Waals surface area contributed by atoms with Gasteiger partial charge in [0.2, 0.25) is 5.91 Å². The Balaban J connectivity index is 1.81. The van der Waals surface area contributed by atoms with Crippen molar-refractivity contribution in [2.24, 2.45) is 11.7 Å². The number of benzene rings is 2. The lowest BCUT2D eigenvalue weighted by Gasteiger charge is -2.37. The van der Waals surface area contributed by atoms with Gasteiger partial charge in [-0.3, -0.25) is 4.79 Å². The molecule has 25 heavy (non-hydrogen) atoms. The van der Waals surface area contributed by atoms with Gasteiger partial charge in [0.1, 0.15) is 5.75 Å². The van der Waals surface area contributed by atoms with E-state index in [1.807, 2.05) is 55.5 Å². The number of ether oxygens (including phenoxy) is 1. The molecule has 0 spiro atoms. The van der Waals surface area contributed by atoms with Crippen molar-refractivity contribution < 1.29 is 9.53 Å². The third-order valence-electron chi connectivity index (χ3n) is 5.12. The first-order valence-corrected chi connectivity index (χ1v) is 8.84. The zero-order valence-electron chi connectivity index (χ0n) is 14.9. The molecule has 0 bridgehead atoms. The molecule has 1 aliphatic carbocycles. The Kier molecular flexibility index (Phi) is 5.09. The first kappa shape index (κ1) is 17.5. The minimum atomic E-state index is -0.428. The highest BCUT2D eigenvalue weighted by Gasteiger charge is 2.37. The molecule has 3 N–H and O–H groups in total. The third kappa shape index (κ3) is 3.85. The smallest absolute Gasteiger partial charge is 0.229 e. The van der Waals surface area contributed by atoms with Gasteiger partial charge in [-0.25, -0.2) is 0 Å². The summed E-state index contributed by atoms with van der Waals surface area (Å²) in [5.74, 6) is 0.686. The predicted molar refractivity (Wildman–Crippen MR) is 102 cm³/mol. The van der Waals surface area contributed by atoms with Gasteiger partial charge in [0.15, 0.2) is 0 Å². The molecule has 0 radical (unpaired) electrons. The molecular weight excluding hydrogens is 312 g/mol. The summed E-state index contributed by atoms with van der Waals surface area (Å²) < 4.78 is 5.44. The Morgan fingerprint density at radius 1 is 1.20 bits per heavy atom. The van der Waals surface area contributed by atoms with Crippen LogP contribution < -0.4 is 15.8 Å². The van der Waals surface area contributed by atoms with Crippen LogP contribution in [0.4, 0.5) is 5.69 Å². The summed E-state index contributed by atoms with van der Waals surface area (Å²) in [5.41, 5.74) is 8.73. The van der Waals surface area contributed by atoms with E-state index < -0.39 is 5.54 Å². The van der Waals surface area contributed by atoms with Crippen molar-refractivity contribution in [2.45, 2.75) is 38.1 Å². The van der Waals surface area contributed by atoms with Gasteiger partial charge in [0.25, 0.3) is 0 Å². The second-order valence-electron chi connectivity index (χ2n) is 7.07. The van der Waals surface area contributed by atoms with Gasteiger partial charge in [-0.2, -0.15) is 0 Å². The summed E-state index contributed by atoms with van der Waals surface area (Å²) in [5, 5.41) is 3.06. The van der Waals surface area contributed by atoms with Gasteiger partial charge in [-0.15, -0.1) is 0 Å². The van der Waals surface area contributed by atoms with E-state index in [2.05, 4.69) is 5.32 Å². The van der Waals surface area contributed by atoms with Crippen molar-refractivity contribution >= 4 is 11.6 Å². The first-order chi connectivity index (χ1) is 12.0. The largest absolute Gasteiger partial charge is 0.496 e. The van der Waals surface area contributed by atoms with Crippen LogP contribution in [0.5, 0.6) is 5.75 Å². The second kappa shape index (κ2) is 7.28. The zero-order chi connectivity index (χ0) is 17.9. The van der Waals surface area contributed by atoms with E-state index in [-0.39, 0.29) is 11.8 Å². The van der Waals surface area contributed by atoms with E-state index in [0.717, 1.165) is 48.2 Å². The van der Waals surface area contributed by atoms with Crippen LogP contribution >= 0.6 is 0 Å². The van der Waals surface area contributed by atoms with Crippen molar-refractivity contribution in [2.75, 3.05) is 12.4 Å². The molecule has 1 fully saturated rings. The van der Waals surface area contributed by atoms with Gasteiger partial charge in [0.05, 0.1) is 13.0 Å². The lowest BCUT2D eigenvalue weighted by Crippen LogP contribution is -2.51. The van der Waals surface area contributed by atoms with Crippen LogP contribution in [0.25, 0.3) is 11.1 Å². The summed E-state index contributed by atoms with van der Waals surface area (Å²) >= 11 is 0. The molecule has 132 valence electrons. The normalized spacial score (nSPS) is 23.1. The maximum Gasteiger partial charge on any atom is 0.229 e. The maximum atomic E-state index is 12.7. The van der Waals surface area contributed by atoms with E-state index in [0.29, 0.717) is 0 Å². The first-order valence-electron chi connectivity index (χ1n) is 8.84. The summed E-state index contributed by atoms with van der Waals surface area (Å²) in [4.78, 5) is 12.7. The minimum absolute atomic E-state index is 0.0156. The molecule has 4 nitrogen and oxygen atoms in total. The molecule has 2 atom stereocenters. The fraction of sp³-hybridized carbons (Fsp3) is 0.381. The minimum Gasteiger partial charge on any atom is -0.496 e. The van der Waals surface area contributed by atoms with Crippen LogP contribution in [0, 0.1) is 5.92 Å². The van der Waals surface area contributed by atoms with E-state index in [1.54, 1.807) is 7.11 Å². The average molecular weight is 338 g/mol. The van der Waals surface area contributed by atoms with Crippen molar-refractivity contribution in [3.05, 3.63) is 48.5 Å². The predicted octanol–water partition coefficient (Wildman–Crippen LogP) is 4.21. The lowest BCUT2D eigenvalue weighted by atomic mass is 9.74. The SMILES string of the molecule is COc1ccccc1-c1cccc(NC(=O)C2CCCCC2(C)N)c1. The summed E-state index contributed by atoms with van der Waals surface area (Å²) in [7, 11) is 1.66. The highest BCUT2D eigenvalue weighted by molar-refractivity contribution is 5.94. The van der Waals surface area contributed by atoms with Crippen molar-refractivity contribution in [1.29, 1.82) is 0 Å². The molecule has 2 aromatic rings. The Bertz CT molecular complexity index is 755. The van der Waals surface area contributed by atoms with Crippen LogP contribution in [0.2, 0.25) is 0 Å². The summed E-state index contributed by atoms with van der Waals surface area (Å²) in [6.07, 6.45) is 3.91. The Labute approximate surface area is 149 Å². The van der Waals surface area contributed by atoms with E-state index in [9.17, 15) is 4.79 Å². The number of hydrogen-bond acceptors (Lipinski definition) is 3. The molecule has 0 aliphatic heterocycles. The molecule has 0 saturated heterocycles. The monoisotopic (exact) mass is 338 g/mol. The standard InChI is InChI=1S/C21H26N2O2/c1-21(22)13-6-5-11-18(21)20(24)23-16-9-7-8-15(14-16)17-10-3-4-12-19(17)25-2/h3-4,7-10,12,14,18H,5-6,11,13,22H2,1-2H3,(H,23,24). The molecule has 1 saturated carbocycles. The fourth-order valence-electron chi connectivity index (χ4n) is 3.67. The van der Waals surface area contributed by atoms with Gasteiger partial charge in [0, 0.05) is 16.8 Å². The molecule has 2 unspecified atom stereocenters. The molecule has 3 rings (SSSR count). The van der Waals surface area contributed by atoms with Crippen molar-refractivity contribution in [3.63, 3.8) is 0 Å². The van der Waals surface area contributed by atoms with Crippen molar-refractivity contribution in [1.82, 2.24) is 0 Å². The van der Waals surface area contributed by atoms with Gasteiger partial charge >= 0.3 is 0 Å². The second-order valence-corrected chi connectivity index (χ2v) is 7.07. The Morgan fingerprint density at radius 2 is 2.00 bits per heavy atom. The Morgan fingerprint density at radius 3 is 2.76 bits per heavy atom. The molecule has 4 heteroatoms. The van der Waals surface area contributed by atoms with Gasteiger partial charge in [-0.05, 0) is 43.5 Å². The number of amides is 1. The summed E-state index contributed by atoms with van der Waals surface area (Å²) in [6.45, 7) is 1.99. The highest BCUT2D eigenvalue weighted by atomic mass is 16.5. The number of anilines is 1. The zero-order valence-corrected chi connectivity index (χ0v) is 14.9. The molecule has 0 heterocycles. The van der Waals surface area contributed by atoms with Crippen LogP contribution in [-0.2, 0) is 4.79 Å². The van der Waals surface area contributed by atoms with Crippen LogP contribution in [0.15, 0.2) is 48.5 Å². The third-order valence-corrected chi connectivity index (χ3v) is 5.12. The van der Waals surface area contributed by atoms with Crippen LogP contribution in [0.3, 0.4) is 0 Å².